The van der Waals surface area contributed by atoms with Crippen LogP contribution in [0.25, 0.3) is 0 Å². The zero-order valence-corrected chi connectivity index (χ0v) is 12.5. The lowest BCUT2D eigenvalue weighted by atomic mass is 10.2. The number of aryl methyl sites for hydroxylation is 1. The van der Waals surface area contributed by atoms with Gasteiger partial charge in [-0.1, -0.05) is 6.07 Å². The molecular weight excluding hydrogens is 349 g/mol. The topological polar surface area (TPSA) is 47.3 Å². The van der Waals surface area contributed by atoms with E-state index in [2.05, 4.69) is 26.0 Å². The first-order valence-corrected chi connectivity index (χ1v) is 6.73. The molecule has 21 heavy (non-hydrogen) atoms. The van der Waals surface area contributed by atoms with Gasteiger partial charge in [0.1, 0.15) is 0 Å². The molecule has 2 aromatic carbocycles. The summed E-state index contributed by atoms with van der Waals surface area (Å²) in [5, 5.41) is 2.95. The quantitative estimate of drug-likeness (QED) is 0.768. The van der Waals surface area contributed by atoms with E-state index in [4.69, 9.17) is 5.73 Å². The number of nitrogen functional groups attached to an aromatic ring is 1. The minimum absolute atomic E-state index is 0.0848. The summed E-state index contributed by atoms with van der Waals surface area (Å²) in [7, 11) is 0. The molecule has 0 bridgehead atoms. The fourth-order valence-electron chi connectivity index (χ4n) is 1.73. The summed E-state index contributed by atoms with van der Waals surface area (Å²) in [6.45, 7) is -1.18. The van der Waals surface area contributed by atoms with Crippen LogP contribution in [0.1, 0.15) is 5.56 Å². The number of hydrogen-bond acceptors (Lipinski definition) is 3. The van der Waals surface area contributed by atoms with Crippen molar-refractivity contribution in [3.05, 3.63) is 46.2 Å². The molecule has 0 aliphatic carbocycles. The molecule has 0 fully saturated rings. The normalized spacial score (nSPS) is 10.8. The van der Waals surface area contributed by atoms with Crippen LogP contribution in [0.3, 0.4) is 0 Å². The molecule has 0 heterocycles. The highest BCUT2D eigenvalue weighted by Crippen LogP contribution is 2.33. The maximum Gasteiger partial charge on any atom is 0.387 e. The zero-order chi connectivity index (χ0) is 15.6. The van der Waals surface area contributed by atoms with E-state index in [-0.39, 0.29) is 11.4 Å². The molecule has 2 rings (SSSR count). The number of alkyl halides is 2. The standard InChI is InChI=1S/C14H12BrF3N2O/c1-7-2-3-11(8(15)4-7)20-12-6-13(21-14(17)18)9(16)5-10(12)19/h2-6,14,20H,19H2,1H3. The number of ether oxygens (including phenoxy) is 1. The number of rotatable bonds is 4. The summed E-state index contributed by atoms with van der Waals surface area (Å²) >= 11 is 3.37. The Bertz CT molecular complexity index is 665. The number of anilines is 3. The second-order valence-corrected chi connectivity index (χ2v) is 5.21. The van der Waals surface area contributed by atoms with E-state index < -0.39 is 18.2 Å². The fourth-order valence-corrected chi connectivity index (χ4v) is 2.32. The molecule has 3 nitrogen and oxygen atoms in total. The molecule has 0 saturated carbocycles. The first-order chi connectivity index (χ1) is 9.86. The van der Waals surface area contributed by atoms with E-state index in [0.717, 1.165) is 22.2 Å². The second-order valence-electron chi connectivity index (χ2n) is 4.36. The molecule has 0 amide bonds. The summed E-state index contributed by atoms with van der Waals surface area (Å²) in [6.07, 6.45) is 0. The first-order valence-electron chi connectivity index (χ1n) is 5.94. The smallest absolute Gasteiger partial charge is 0.387 e. The third-order valence-corrected chi connectivity index (χ3v) is 3.37. The van der Waals surface area contributed by atoms with Crippen molar-refractivity contribution in [1.82, 2.24) is 0 Å². The maximum atomic E-state index is 13.5. The van der Waals surface area contributed by atoms with Crippen LogP contribution in [-0.2, 0) is 0 Å². The fraction of sp³-hybridized carbons (Fsp3) is 0.143. The molecule has 3 N–H and O–H groups in total. The Balaban J connectivity index is 2.34. The van der Waals surface area contributed by atoms with Crippen LogP contribution in [0.2, 0.25) is 0 Å². The van der Waals surface area contributed by atoms with Crippen molar-refractivity contribution < 1.29 is 17.9 Å². The van der Waals surface area contributed by atoms with Gasteiger partial charge >= 0.3 is 6.61 Å². The molecule has 112 valence electrons. The number of halogens is 4. The minimum Gasteiger partial charge on any atom is -0.432 e. The van der Waals surface area contributed by atoms with Crippen LogP contribution >= 0.6 is 15.9 Å². The summed E-state index contributed by atoms with van der Waals surface area (Å²) in [6, 6.07) is 7.56. The Labute approximate surface area is 128 Å². The molecule has 0 aliphatic rings. The van der Waals surface area contributed by atoms with Crippen LogP contribution in [0.15, 0.2) is 34.8 Å². The van der Waals surface area contributed by atoms with Gasteiger partial charge in [-0.15, -0.1) is 0 Å². The number of benzene rings is 2. The average Bonchev–Trinajstić information content (AvgIpc) is 2.37. The molecule has 0 aliphatic heterocycles. The molecule has 7 heteroatoms. The van der Waals surface area contributed by atoms with Crippen LogP contribution in [0.5, 0.6) is 5.75 Å². The molecule has 2 aromatic rings. The predicted octanol–water partition coefficient (Wildman–Crippen LogP) is 4.82. The molecule has 0 saturated heterocycles. The highest BCUT2D eigenvalue weighted by atomic mass is 79.9. The van der Waals surface area contributed by atoms with Gasteiger partial charge in [0.25, 0.3) is 0 Å². The van der Waals surface area contributed by atoms with Gasteiger partial charge in [-0.3, -0.25) is 0 Å². The zero-order valence-electron chi connectivity index (χ0n) is 11.0. The van der Waals surface area contributed by atoms with Crippen molar-refractivity contribution in [3.63, 3.8) is 0 Å². The molecule has 0 spiro atoms. The van der Waals surface area contributed by atoms with Crippen molar-refractivity contribution in [2.24, 2.45) is 0 Å². The minimum atomic E-state index is -3.11. The second kappa shape index (κ2) is 6.26. The van der Waals surface area contributed by atoms with Crippen molar-refractivity contribution in [1.29, 1.82) is 0 Å². The Hall–Kier alpha value is -1.89. The van der Waals surface area contributed by atoms with Crippen molar-refractivity contribution in [2.45, 2.75) is 13.5 Å². The van der Waals surface area contributed by atoms with E-state index in [1.54, 1.807) is 6.07 Å². The SMILES string of the molecule is Cc1ccc(Nc2cc(OC(F)F)c(F)cc2N)c(Br)c1. The molecule has 0 radical (unpaired) electrons. The Kier molecular flexibility index (Phi) is 4.62. The molecule has 0 atom stereocenters. The summed E-state index contributed by atoms with van der Waals surface area (Å²) in [5.41, 5.74) is 7.76. The molecule has 0 aromatic heterocycles. The van der Waals surface area contributed by atoms with Crippen LogP contribution in [0, 0.1) is 12.7 Å². The van der Waals surface area contributed by atoms with Crippen molar-refractivity contribution >= 4 is 33.0 Å². The lowest BCUT2D eigenvalue weighted by Crippen LogP contribution is -2.06. The summed E-state index contributed by atoms with van der Waals surface area (Å²) < 4.78 is 42.8. The van der Waals surface area contributed by atoms with Gasteiger partial charge in [0.2, 0.25) is 0 Å². The van der Waals surface area contributed by atoms with E-state index in [1.165, 1.54) is 0 Å². The molecule has 0 unspecified atom stereocenters. The van der Waals surface area contributed by atoms with Gasteiger partial charge in [0.05, 0.1) is 17.1 Å². The monoisotopic (exact) mass is 360 g/mol. The lowest BCUT2D eigenvalue weighted by Gasteiger charge is -2.14. The Morgan fingerprint density at radius 3 is 2.52 bits per heavy atom. The van der Waals surface area contributed by atoms with Crippen LogP contribution in [0.4, 0.5) is 30.2 Å². The van der Waals surface area contributed by atoms with Crippen molar-refractivity contribution in [3.8, 4) is 5.75 Å². The number of nitrogens with one attached hydrogen (secondary N) is 1. The summed E-state index contributed by atoms with van der Waals surface area (Å²) in [5.74, 6) is -1.51. The highest BCUT2D eigenvalue weighted by Gasteiger charge is 2.14. The lowest BCUT2D eigenvalue weighted by molar-refractivity contribution is -0.0521. The number of nitrogens with two attached hydrogens (primary N) is 1. The van der Waals surface area contributed by atoms with E-state index >= 15 is 0 Å². The van der Waals surface area contributed by atoms with E-state index in [9.17, 15) is 13.2 Å². The van der Waals surface area contributed by atoms with Gasteiger partial charge in [-0.25, -0.2) is 4.39 Å². The maximum absolute atomic E-state index is 13.5. The van der Waals surface area contributed by atoms with Crippen molar-refractivity contribution in [2.75, 3.05) is 11.1 Å². The van der Waals surface area contributed by atoms with Crippen LogP contribution < -0.4 is 15.8 Å². The summed E-state index contributed by atoms with van der Waals surface area (Å²) in [4.78, 5) is 0. The van der Waals surface area contributed by atoms with Gasteiger partial charge in [-0.05, 0) is 40.5 Å². The highest BCUT2D eigenvalue weighted by molar-refractivity contribution is 9.10. The number of hydrogen-bond donors (Lipinski definition) is 2. The van der Waals surface area contributed by atoms with Gasteiger partial charge < -0.3 is 15.8 Å². The average molecular weight is 361 g/mol. The third-order valence-electron chi connectivity index (χ3n) is 2.71. The molecular formula is C14H12BrF3N2O. The predicted molar refractivity (Wildman–Crippen MR) is 79.6 cm³/mol. The van der Waals surface area contributed by atoms with Crippen LogP contribution in [-0.4, -0.2) is 6.61 Å². The van der Waals surface area contributed by atoms with Gasteiger partial charge in [-0.2, -0.15) is 8.78 Å². The Morgan fingerprint density at radius 2 is 1.90 bits per heavy atom. The van der Waals surface area contributed by atoms with E-state index in [0.29, 0.717) is 5.69 Å². The van der Waals surface area contributed by atoms with Gasteiger partial charge in [0.15, 0.2) is 11.6 Å². The third kappa shape index (κ3) is 3.81. The van der Waals surface area contributed by atoms with Gasteiger partial charge in [0, 0.05) is 16.6 Å². The Morgan fingerprint density at radius 1 is 1.19 bits per heavy atom. The largest absolute Gasteiger partial charge is 0.432 e. The first kappa shape index (κ1) is 15.5. The van der Waals surface area contributed by atoms with E-state index in [1.807, 2.05) is 19.1 Å².